The summed E-state index contributed by atoms with van der Waals surface area (Å²) in [4.78, 5) is 2.37. The smallest absolute Gasteiger partial charge is 0.181 e. The van der Waals surface area contributed by atoms with Crippen molar-refractivity contribution in [3.63, 3.8) is 0 Å². The summed E-state index contributed by atoms with van der Waals surface area (Å²) >= 11 is 11.8. The Morgan fingerprint density at radius 1 is 1.05 bits per heavy atom. The molecule has 0 N–H and O–H groups in total. The first-order valence-corrected chi connectivity index (χ1v) is 9.30. The predicted molar refractivity (Wildman–Crippen MR) is 83.4 cm³/mol. The minimum absolute atomic E-state index is 0.0903. The maximum atomic E-state index is 12.4. The van der Waals surface area contributed by atoms with Crippen molar-refractivity contribution in [2.75, 3.05) is 25.4 Å². The molecule has 1 aliphatic rings. The van der Waals surface area contributed by atoms with Gasteiger partial charge in [-0.3, -0.25) is 0 Å². The van der Waals surface area contributed by atoms with Gasteiger partial charge in [0, 0.05) is 11.6 Å². The lowest BCUT2D eigenvalue weighted by molar-refractivity contribution is 0.301. The Balaban J connectivity index is 2.05. The standard InChI is InChI=1S/C14H19Cl2NO2S/c15-12-5-6-13(16)14(11-12)20(18,19)10-9-17-7-3-1-2-4-8-17/h5-6,11H,1-4,7-10H2. The zero-order chi connectivity index (χ0) is 14.6. The van der Waals surface area contributed by atoms with Gasteiger partial charge >= 0.3 is 0 Å². The van der Waals surface area contributed by atoms with Crippen LogP contribution in [-0.4, -0.2) is 38.7 Å². The van der Waals surface area contributed by atoms with E-state index in [0.29, 0.717) is 11.6 Å². The van der Waals surface area contributed by atoms with Gasteiger partial charge in [0.1, 0.15) is 0 Å². The van der Waals surface area contributed by atoms with Gasteiger partial charge in [-0.1, -0.05) is 36.0 Å². The van der Waals surface area contributed by atoms with Gasteiger partial charge in [0.15, 0.2) is 9.84 Å². The number of benzene rings is 1. The van der Waals surface area contributed by atoms with E-state index in [4.69, 9.17) is 23.2 Å². The topological polar surface area (TPSA) is 37.4 Å². The monoisotopic (exact) mass is 335 g/mol. The van der Waals surface area contributed by atoms with Crippen molar-refractivity contribution in [1.29, 1.82) is 0 Å². The molecule has 0 aromatic heterocycles. The third kappa shape index (κ3) is 4.35. The third-order valence-corrected chi connectivity index (χ3v) is 6.01. The molecular formula is C14H19Cl2NO2S. The summed E-state index contributed by atoms with van der Waals surface area (Å²) in [5.74, 6) is 0.0903. The predicted octanol–water partition coefficient (Wildman–Crippen LogP) is 3.64. The number of hydrogen-bond donors (Lipinski definition) is 0. The van der Waals surface area contributed by atoms with Crippen molar-refractivity contribution in [2.24, 2.45) is 0 Å². The van der Waals surface area contributed by atoms with E-state index in [2.05, 4.69) is 4.90 Å². The summed E-state index contributed by atoms with van der Waals surface area (Å²) in [6, 6.07) is 4.56. The summed E-state index contributed by atoms with van der Waals surface area (Å²) in [5, 5.41) is 0.632. The van der Waals surface area contributed by atoms with Crippen molar-refractivity contribution in [2.45, 2.75) is 30.6 Å². The SMILES string of the molecule is O=S(=O)(CCN1CCCCCC1)c1cc(Cl)ccc1Cl. The van der Waals surface area contributed by atoms with Crippen LogP contribution in [0.15, 0.2) is 23.1 Å². The molecule has 1 heterocycles. The van der Waals surface area contributed by atoms with Gasteiger partial charge in [-0.25, -0.2) is 8.42 Å². The number of nitrogens with zero attached hydrogens (tertiary/aromatic N) is 1. The van der Waals surface area contributed by atoms with Crippen LogP contribution in [0, 0.1) is 0 Å². The molecule has 1 aliphatic heterocycles. The molecule has 1 aromatic carbocycles. The highest BCUT2D eigenvalue weighted by molar-refractivity contribution is 7.91. The fourth-order valence-corrected chi connectivity index (χ4v) is 4.53. The average Bonchev–Trinajstić information content (AvgIpc) is 2.68. The molecule has 1 aromatic rings. The molecule has 3 nitrogen and oxygen atoms in total. The molecule has 0 radical (unpaired) electrons. The van der Waals surface area contributed by atoms with Crippen LogP contribution in [0.2, 0.25) is 10.0 Å². The number of hydrogen-bond acceptors (Lipinski definition) is 3. The van der Waals surface area contributed by atoms with Crippen LogP contribution in [0.3, 0.4) is 0 Å². The second-order valence-corrected chi connectivity index (χ2v) is 8.07. The summed E-state index contributed by atoms with van der Waals surface area (Å²) in [7, 11) is -3.38. The van der Waals surface area contributed by atoms with Gasteiger partial charge in [-0.05, 0) is 44.1 Å². The Bertz CT molecular complexity index is 552. The van der Waals surface area contributed by atoms with Crippen molar-refractivity contribution in [1.82, 2.24) is 4.90 Å². The van der Waals surface area contributed by atoms with Crippen LogP contribution in [0.1, 0.15) is 25.7 Å². The largest absolute Gasteiger partial charge is 0.302 e. The highest BCUT2D eigenvalue weighted by Gasteiger charge is 2.20. The van der Waals surface area contributed by atoms with E-state index in [1.807, 2.05) is 0 Å². The molecule has 0 bridgehead atoms. The highest BCUT2D eigenvalue weighted by Crippen LogP contribution is 2.26. The van der Waals surface area contributed by atoms with Crippen LogP contribution in [-0.2, 0) is 9.84 Å². The second kappa shape index (κ2) is 7.12. The molecule has 0 aliphatic carbocycles. The van der Waals surface area contributed by atoms with Crippen LogP contribution in [0.4, 0.5) is 0 Å². The molecule has 0 atom stereocenters. The maximum absolute atomic E-state index is 12.4. The molecule has 0 unspecified atom stereocenters. The lowest BCUT2D eigenvalue weighted by atomic mass is 10.2. The Labute approximate surface area is 130 Å². The Morgan fingerprint density at radius 2 is 1.70 bits per heavy atom. The Hall–Kier alpha value is -0.290. The second-order valence-electron chi connectivity index (χ2n) is 5.15. The molecule has 112 valence electrons. The Morgan fingerprint density at radius 3 is 2.35 bits per heavy atom. The van der Waals surface area contributed by atoms with Crippen molar-refractivity contribution >= 4 is 33.0 Å². The maximum Gasteiger partial charge on any atom is 0.181 e. The van der Waals surface area contributed by atoms with E-state index in [-0.39, 0.29) is 15.7 Å². The van der Waals surface area contributed by atoms with E-state index in [1.165, 1.54) is 25.0 Å². The van der Waals surface area contributed by atoms with Gasteiger partial charge in [0.2, 0.25) is 0 Å². The Kier molecular flexibility index (Phi) is 5.73. The van der Waals surface area contributed by atoms with Crippen LogP contribution in [0.25, 0.3) is 0 Å². The van der Waals surface area contributed by atoms with Crippen molar-refractivity contribution in [3.05, 3.63) is 28.2 Å². The van der Waals surface area contributed by atoms with Crippen LogP contribution in [0.5, 0.6) is 0 Å². The quantitative estimate of drug-likeness (QED) is 0.842. The minimum Gasteiger partial charge on any atom is -0.302 e. The van der Waals surface area contributed by atoms with E-state index in [1.54, 1.807) is 6.07 Å². The van der Waals surface area contributed by atoms with Gasteiger partial charge < -0.3 is 4.90 Å². The molecule has 2 rings (SSSR count). The van der Waals surface area contributed by atoms with Gasteiger partial charge in [-0.15, -0.1) is 0 Å². The molecule has 20 heavy (non-hydrogen) atoms. The number of rotatable bonds is 4. The van der Waals surface area contributed by atoms with Crippen LogP contribution >= 0.6 is 23.2 Å². The summed E-state index contributed by atoms with van der Waals surface area (Å²) in [6.45, 7) is 2.53. The first-order chi connectivity index (χ1) is 9.49. The molecule has 1 saturated heterocycles. The fourth-order valence-electron chi connectivity index (χ4n) is 2.43. The summed E-state index contributed by atoms with van der Waals surface area (Å²) < 4.78 is 24.7. The lowest BCUT2D eigenvalue weighted by Gasteiger charge is -2.19. The van der Waals surface area contributed by atoms with E-state index >= 15 is 0 Å². The van der Waals surface area contributed by atoms with E-state index in [9.17, 15) is 8.42 Å². The molecule has 1 fully saturated rings. The van der Waals surface area contributed by atoms with Gasteiger partial charge in [0.05, 0.1) is 15.7 Å². The number of halogens is 2. The normalized spacial score (nSPS) is 17.9. The fraction of sp³-hybridized carbons (Fsp3) is 0.571. The van der Waals surface area contributed by atoms with Gasteiger partial charge in [-0.2, -0.15) is 0 Å². The zero-order valence-electron chi connectivity index (χ0n) is 11.3. The molecule has 0 saturated carbocycles. The molecule has 0 amide bonds. The molecule has 6 heteroatoms. The van der Waals surface area contributed by atoms with Gasteiger partial charge in [0.25, 0.3) is 0 Å². The number of sulfone groups is 1. The minimum atomic E-state index is -3.38. The first kappa shape index (κ1) is 16.1. The molecule has 0 spiro atoms. The lowest BCUT2D eigenvalue weighted by Crippen LogP contribution is -2.30. The van der Waals surface area contributed by atoms with Crippen LogP contribution < -0.4 is 0 Å². The highest BCUT2D eigenvalue weighted by atomic mass is 35.5. The third-order valence-electron chi connectivity index (χ3n) is 3.60. The summed E-state index contributed by atoms with van der Waals surface area (Å²) in [5.41, 5.74) is 0. The van der Waals surface area contributed by atoms with E-state index in [0.717, 1.165) is 25.9 Å². The molecular weight excluding hydrogens is 317 g/mol. The first-order valence-electron chi connectivity index (χ1n) is 6.89. The van der Waals surface area contributed by atoms with E-state index < -0.39 is 9.84 Å². The number of likely N-dealkylation sites (tertiary alicyclic amines) is 1. The van der Waals surface area contributed by atoms with Crippen molar-refractivity contribution < 1.29 is 8.42 Å². The zero-order valence-corrected chi connectivity index (χ0v) is 13.6. The van der Waals surface area contributed by atoms with Crippen molar-refractivity contribution in [3.8, 4) is 0 Å². The summed E-state index contributed by atoms with van der Waals surface area (Å²) in [6.07, 6.45) is 4.78. The average molecular weight is 336 g/mol.